The van der Waals surface area contributed by atoms with E-state index in [-0.39, 0.29) is 24.1 Å². The Labute approximate surface area is 183 Å². The van der Waals surface area contributed by atoms with Gasteiger partial charge in [0.25, 0.3) is 0 Å². The van der Waals surface area contributed by atoms with Crippen LogP contribution >= 0.6 is 0 Å². The third-order valence-electron chi connectivity index (χ3n) is 5.58. The van der Waals surface area contributed by atoms with Crippen LogP contribution in [0.1, 0.15) is 63.3 Å². The monoisotopic (exact) mass is 433 g/mol. The van der Waals surface area contributed by atoms with E-state index in [9.17, 15) is 23.8 Å². The van der Waals surface area contributed by atoms with E-state index in [1.165, 1.54) is 25.5 Å². The number of carboxylic acid groups (broad SMARTS) is 1. The Morgan fingerprint density at radius 2 is 1.71 bits per heavy atom. The number of β-amino-alcohol motifs (C(OH)–C–C–N with tert-alkyl or cyclic N) is 1. The first-order valence-electron chi connectivity index (χ1n) is 10.6. The first-order valence-corrected chi connectivity index (χ1v) is 10.6. The van der Waals surface area contributed by atoms with E-state index in [0.717, 1.165) is 25.3 Å². The van der Waals surface area contributed by atoms with Crippen molar-refractivity contribution in [3.05, 3.63) is 70.8 Å². The second kappa shape index (κ2) is 10.3. The molecule has 0 heterocycles. The van der Waals surface area contributed by atoms with Crippen molar-refractivity contribution in [3.63, 3.8) is 0 Å². The molecule has 0 radical (unpaired) electrons. The smallest absolute Gasteiger partial charge is 0.309 e. The quantitative estimate of drug-likeness (QED) is 0.464. The van der Waals surface area contributed by atoms with Crippen LogP contribution in [0.5, 0.6) is 0 Å². The summed E-state index contributed by atoms with van der Waals surface area (Å²) in [5, 5.41) is 23.1. The molecule has 0 saturated heterocycles. The van der Waals surface area contributed by atoms with Gasteiger partial charge in [0.15, 0.2) is 11.6 Å². The fourth-order valence-electron chi connectivity index (χ4n) is 3.55. The number of rotatable bonds is 11. The predicted molar refractivity (Wildman–Crippen MR) is 118 cm³/mol. The van der Waals surface area contributed by atoms with Crippen molar-refractivity contribution in [2.75, 3.05) is 6.54 Å². The minimum Gasteiger partial charge on any atom is -0.481 e. The van der Waals surface area contributed by atoms with Crippen LogP contribution < -0.4 is 5.32 Å². The minimum atomic E-state index is -1.25. The first kappa shape index (κ1) is 25.0. The molecule has 2 aromatic carbocycles. The zero-order chi connectivity index (χ0) is 23.2. The number of benzene rings is 2. The maximum Gasteiger partial charge on any atom is 0.309 e. The van der Waals surface area contributed by atoms with E-state index in [2.05, 4.69) is 17.4 Å². The van der Waals surface area contributed by atoms with E-state index >= 15 is 0 Å². The zero-order valence-corrected chi connectivity index (χ0v) is 18.7. The zero-order valence-electron chi connectivity index (χ0n) is 18.7. The van der Waals surface area contributed by atoms with Crippen molar-refractivity contribution >= 4 is 5.97 Å². The molecule has 6 heteroatoms. The molecule has 0 saturated carbocycles. The highest BCUT2D eigenvalue weighted by Gasteiger charge is 2.29. The number of aliphatic hydroxyl groups is 1. The van der Waals surface area contributed by atoms with Gasteiger partial charge in [0.1, 0.15) is 0 Å². The highest BCUT2D eigenvalue weighted by molar-refractivity contribution is 5.74. The average molecular weight is 434 g/mol. The van der Waals surface area contributed by atoms with Crippen molar-refractivity contribution in [3.8, 4) is 0 Å². The van der Waals surface area contributed by atoms with Crippen molar-refractivity contribution in [2.24, 2.45) is 5.41 Å². The molecule has 31 heavy (non-hydrogen) atoms. The van der Waals surface area contributed by atoms with Crippen LogP contribution in [0.2, 0.25) is 0 Å². The molecule has 0 bridgehead atoms. The first-order chi connectivity index (χ1) is 14.4. The van der Waals surface area contributed by atoms with Crippen LogP contribution in [-0.4, -0.2) is 28.3 Å². The number of aliphatic hydroxyl groups excluding tert-OH is 1. The van der Waals surface area contributed by atoms with Crippen LogP contribution in [0.15, 0.2) is 42.5 Å². The molecule has 0 aliphatic rings. The Morgan fingerprint density at radius 3 is 2.32 bits per heavy atom. The molecule has 2 rings (SSSR count). The Morgan fingerprint density at radius 1 is 1.06 bits per heavy atom. The molecule has 4 nitrogen and oxygen atoms in total. The standard InChI is InChI=1S/C25H33F2NO3/c1-24(2,23(30)31)15-18-13-19(22(27)20(26)14-18)21(29)16-28-25(3,4)12-8-11-17-9-6-5-7-10-17/h5-7,9-10,13-14,21,28-29H,8,11-12,15-16H2,1-4H3,(H,30,31)/t21-/m1/s1. The summed E-state index contributed by atoms with van der Waals surface area (Å²) in [5.41, 5.74) is 0.00217. The normalized spacial score (nSPS) is 13.3. The molecular weight excluding hydrogens is 400 g/mol. The van der Waals surface area contributed by atoms with Gasteiger partial charge in [-0.1, -0.05) is 30.3 Å². The summed E-state index contributed by atoms with van der Waals surface area (Å²) in [4.78, 5) is 11.4. The number of aliphatic carboxylic acids is 1. The molecule has 0 aromatic heterocycles. The Balaban J connectivity index is 2.00. The second-order valence-corrected chi connectivity index (χ2v) is 9.47. The lowest BCUT2D eigenvalue weighted by Crippen LogP contribution is -2.41. The molecule has 0 amide bonds. The van der Waals surface area contributed by atoms with Crippen LogP contribution in [-0.2, 0) is 17.6 Å². The molecule has 170 valence electrons. The van der Waals surface area contributed by atoms with Gasteiger partial charge in [0.05, 0.1) is 11.5 Å². The van der Waals surface area contributed by atoms with Crippen molar-refractivity contribution in [2.45, 2.75) is 65.0 Å². The van der Waals surface area contributed by atoms with Crippen LogP contribution in [0.25, 0.3) is 0 Å². The van der Waals surface area contributed by atoms with Gasteiger partial charge >= 0.3 is 5.97 Å². The molecule has 0 spiro atoms. The summed E-state index contributed by atoms with van der Waals surface area (Å²) in [5.74, 6) is -3.22. The average Bonchev–Trinajstić information content (AvgIpc) is 2.69. The lowest BCUT2D eigenvalue weighted by atomic mass is 9.85. The summed E-state index contributed by atoms with van der Waals surface area (Å²) >= 11 is 0. The van der Waals surface area contributed by atoms with Crippen molar-refractivity contribution in [1.82, 2.24) is 5.32 Å². The fourth-order valence-corrected chi connectivity index (χ4v) is 3.55. The summed E-state index contributed by atoms with van der Waals surface area (Å²) in [7, 11) is 0. The van der Waals surface area contributed by atoms with E-state index in [1.54, 1.807) is 0 Å². The summed E-state index contributed by atoms with van der Waals surface area (Å²) < 4.78 is 28.5. The van der Waals surface area contributed by atoms with Gasteiger partial charge in [-0.3, -0.25) is 4.79 Å². The van der Waals surface area contributed by atoms with Gasteiger partial charge in [0, 0.05) is 17.6 Å². The molecule has 1 atom stereocenters. The van der Waals surface area contributed by atoms with E-state index < -0.39 is 29.1 Å². The molecule has 0 unspecified atom stereocenters. The van der Waals surface area contributed by atoms with Gasteiger partial charge in [-0.2, -0.15) is 0 Å². The number of nitrogens with one attached hydrogen (secondary N) is 1. The van der Waals surface area contributed by atoms with Crippen LogP contribution in [0.4, 0.5) is 8.78 Å². The topological polar surface area (TPSA) is 69.6 Å². The van der Waals surface area contributed by atoms with E-state index in [4.69, 9.17) is 0 Å². The van der Waals surface area contributed by atoms with E-state index in [0.29, 0.717) is 5.56 Å². The highest BCUT2D eigenvalue weighted by Crippen LogP contribution is 2.27. The SMILES string of the molecule is CC(C)(CCCc1ccccc1)NC[C@@H](O)c1cc(CC(C)(C)C(=O)O)cc(F)c1F. The van der Waals surface area contributed by atoms with Crippen LogP contribution in [0.3, 0.4) is 0 Å². The molecule has 3 N–H and O–H groups in total. The summed E-state index contributed by atoms with van der Waals surface area (Å²) in [6, 6.07) is 12.5. The summed E-state index contributed by atoms with van der Waals surface area (Å²) in [6.07, 6.45) is 1.50. The van der Waals surface area contributed by atoms with Gasteiger partial charge < -0.3 is 15.5 Å². The Bertz CT molecular complexity index is 882. The fraction of sp³-hybridized carbons (Fsp3) is 0.480. The predicted octanol–water partition coefficient (Wildman–Crippen LogP) is 5.04. The molecular formula is C25H33F2NO3. The van der Waals surface area contributed by atoms with Crippen molar-refractivity contribution in [1.29, 1.82) is 0 Å². The van der Waals surface area contributed by atoms with Gasteiger partial charge in [0.2, 0.25) is 0 Å². The van der Waals surface area contributed by atoms with Gasteiger partial charge in [-0.25, -0.2) is 8.78 Å². The Kier molecular flexibility index (Phi) is 8.32. The molecule has 0 fully saturated rings. The third kappa shape index (κ3) is 7.40. The largest absolute Gasteiger partial charge is 0.481 e. The number of halogens is 2. The highest BCUT2D eigenvalue weighted by atomic mass is 19.2. The second-order valence-electron chi connectivity index (χ2n) is 9.47. The number of hydrogen-bond acceptors (Lipinski definition) is 3. The number of aryl methyl sites for hydroxylation is 1. The molecule has 2 aromatic rings. The maximum absolute atomic E-state index is 14.4. The third-order valence-corrected chi connectivity index (χ3v) is 5.58. The lowest BCUT2D eigenvalue weighted by molar-refractivity contribution is -0.146. The number of carboxylic acids is 1. The maximum atomic E-state index is 14.4. The van der Waals surface area contributed by atoms with Crippen molar-refractivity contribution < 1.29 is 23.8 Å². The molecule has 0 aliphatic heterocycles. The lowest BCUT2D eigenvalue weighted by Gasteiger charge is -2.28. The van der Waals surface area contributed by atoms with Gasteiger partial charge in [-0.05, 0) is 76.6 Å². The number of hydrogen-bond donors (Lipinski definition) is 3. The molecule has 0 aliphatic carbocycles. The van der Waals surface area contributed by atoms with E-state index in [1.807, 2.05) is 32.0 Å². The summed E-state index contributed by atoms with van der Waals surface area (Å²) in [6.45, 7) is 7.11. The number of carbonyl (C=O) groups is 1. The van der Waals surface area contributed by atoms with Gasteiger partial charge in [-0.15, -0.1) is 0 Å². The van der Waals surface area contributed by atoms with Crippen LogP contribution in [0, 0.1) is 17.0 Å². The minimum absolute atomic E-state index is 0.0255. The Hall–Kier alpha value is -2.31.